The minimum atomic E-state index is -0.106. The zero-order valence-electron chi connectivity index (χ0n) is 18.4. The Morgan fingerprint density at radius 3 is 2.62 bits per heavy atom. The Bertz CT molecular complexity index is 845. The maximum absolute atomic E-state index is 12.4. The lowest BCUT2D eigenvalue weighted by molar-refractivity contribution is -0.123. The maximum Gasteiger partial charge on any atom is 0.258 e. The predicted octanol–water partition coefficient (Wildman–Crippen LogP) is 5.10. The molecule has 1 N–H and O–H groups in total. The van der Waals surface area contributed by atoms with Crippen LogP contribution >= 0.6 is 0 Å². The highest BCUT2D eigenvalue weighted by molar-refractivity contribution is 5.78. The van der Waals surface area contributed by atoms with Crippen LogP contribution < -0.4 is 15.0 Å². The number of hydrogen-bond donors (Lipinski definition) is 1. The van der Waals surface area contributed by atoms with Crippen molar-refractivity contribution in [2.45, 2.75) is 53.5 Å². The summed E-state index contributed by atoms with van der Waals surface area (Å²) < 4.78 is 5.79. The van der Waals surface area contributed by atoms with Crippen LogP contribution in [0.25, 0.3) is 0 Å². The second-order valence-electron chi connectivity index (χ2n) is 8.57. The molecule has 4 nitrogen and oxygen atoms in total. The van der Waals surface area contributed by atoms with Crippen LogP contribution in [0.1, 0.15) is 55.0 Å². The standard InChI is InChI=1S/C25H34N2O2/c1-17-7-6-12-27(15-17)23-10-8-22(9-11-23)21(5)26-25(28)16-29-24-14-18(2)13-19(3)20(24)4/h8-11,13-14,17,21H,6-7,12,15-16H2,1-5H3,(H,26,28)/t17-,21-/m0/s1. The predicted molar refractivity (Wildman–Crippen MR) is 120 cm³/mol. The van der Waals surface area contributed by atoms with Crippen LogP contribution in [0.3, 0.4) is 0 Å². The van der Waals surface area contributed by atoms with Gasteiger partial charge in [-0.15, -0.1) is 0 Å². The fourth-order valence-electron chi connectivity index (χ4n) is 4.06. The number of aryl methyl sites for hydroxylation is 2. The fraction of sp³-hybridized carbons (Fsp3) is 0.480. The van der Waals surface area contributed by atoms with Crippen LogP contribution in [0.2, 0.25) is 0 Å². The van der Waals surface area contributed by atoms with Crippen molar-refractivity contribution in [3.8, 4) is 5.75 Å². The number of amides is 1. The number of carbonyl (C=O) groups is 1. The number of ether oxygens (including phenoxy) is 1. The molecule has 1 aliphatic rings. The Labute approximate surface area is 175 Å². The van der Waals surface area contributed by atoms with E-state index in [1.54, 1.807) is 0 Å². The first-order valence-corrected chi connectivity index (χ1v) is 10.7. The van der Waals surface area contributed by atoms with Gasteiger partial charge in [0.25, 0.3) is 5.91 Å². The fourth-order valence-corrected chi connectivity index (χ4v) is 4.06. The van der Waals surface area contributed by atoms with Gasteiger partial charge in [-0.05, 0) is 86.9 Å². The molecule has 1 aliphatic heterocycles. The van der Waals surface area contributed by atoms with E-state index in [0.29, 0.717) is 0 Å². The molecule has 29 heavy (non-hydrogen) atoms. The molecule has 1 amide bonds. The third kappa shape index (κ3) is 5.53. The van der Waals surface area contributed by atoms with E-state index >= 15 is 0 Å². The van der Waals surface area contributed by atoms with E-state index in [2.05, 4.69) is 54.4 Å². The van der Waals surface area contributed by atoms with Gasteiger partial charge in [0.15, 0.2) is 6.61 Å². The Morgan fingerprint density at radius 1 is 1.21 bits per heavy atom. The molecule has 1 saturated heterocycles. The normalized spacial score (nSPS) is 17.7. The molecule has 1 fully saturated rings. The van der Waals surface area contributed by atoms with E-state index in [4.69, 9.17) is 4.74 Å². The van der Waals surface area contributed by atoms with E-state index in [9.17, 15) is 4.79 Å². The summed E-state index contributed by atoms with van der Waals surface area (Å²) in [6.07, 6.45) is 2.58. The summed E-state index contributed by atoms with van der Waals surface area (Å²) in [5.41, 5.74) is 5.78. The number of nitrogens with one attached hydrogen (secondary N) is 1. The monoisotopic (exact) mass is 394 g/mol. The van der Waals surface area contributed by atoms with Crippen molar-refractivity contribution >= 4 is 11.6 Å². The third-order valence-corrected chi connectivity index (χ3v) is 5.92. The summed E-state index contributed by atoms with van der Waals surface area (Å²) in [5, 5.41) is 3.04. The van der Waals surface area contributed by atoms with Crippen LogP contribution in [0, 0.1) is 26.7 Å². The van der Waals surface area contributed by atoms with Gasteiger partial charge in [0, 0.05) is 18.8 Å². The van der Waals surface area contributed by atoms with Crippen molar-refractivity contribution in [3.05, 3.63) is 58.7 Å². The molecule has 2 atom stereocenters. The molecular formula is C25H34N2O2. The molecule has 0 unspecified atom stereocenters. The number of hydrogen-bond acceptors (Lipinski definition) is 3. The van der Waals surface area contributed by atoms with Crippen molar-refractivity contribution in [3.63, 3.8) is 0 Å². The average Bonchev–Trinajstić information content (AvgIpc) is 2.69. The van der Waals surface area contributed by atoms with Crippen molar-refractivity contribution in [2.24, 2.45) is 5.92 Å². The molecule has 1 heterocycles. The number of carbonyl (C=O) groups excluding carboxylic acids is 1. The maximum atomic E-state index is 12.4. The number of benzene rings is 2. The number of rotatable bonds is 6. The molecule has 2 aromatic rings. The summed E-state index contributed by atoms with van der Waals surface area (Å²) in [6, 6.07) is 12.6. The third-order valence-electron chi connectivity index (χ3n) is 5.92. The molecular weight excluding hydrogens is 360 g/mol. The SMILES string of the molecule is Cc1cc(C)c(C)c(OCC(=O)N[C@@H](C)c2ccc(N3CCC[C@H](C)C3)cc2)c1. The Kier molecular flexibility index (Phi) is 6.83. The number of piperidine rings is 1. The average molecular weight is 395 g/mol. The first-order valence-electron chi connectivity index (χ1n) is 10.7. The smallest absolute Gasteiger partial charge is 0.258 e. The molecule has 0 bridgehead atoms. The minimum Gasteiger partial charge on any atom is -0.483 e. The van der Waals surface area contributed by atoms with Gasteiger partial charge in [0.1, 0.15) is 5.75 Å². The van der Waals surface area contributed by atoms with Crippen LogP contribution in [-0.4, -0.2) is 25.6 Å². The van der Waals surface area contributed by atoms with E-state index in [1.807, 2.05) is 26.8 Å². The molecule has 2 aromatic carbocycles. The van der Waals surface area contributed by atoms with Gasteiger partial charge >= 0.3 is 0 Å². The number of anilines is 1. The lowest BCUT2D eigenvalue weighted by Crippen LogP contribution is -2.34. The van der Waals surface area contributed by atoms with Gasteiger partial charge in [0.05, 0.1) is 6.04 Å². The van der Waals surface area contributed by atoms with Crippen LogP contribution in [0.15, 0.2) is 36.4 Å². The Hall–Kier alpha value is -2.49. The van der Waals surface area contributed by atoms with Gasteiger partial charge in [-0.25, -0.2) is 0 Å². The molecule has 0 radical (unpaired) electrons. The van der Waals surface area contributed by atoms with Crippen molar-refractivity contribution in [1.29, 1.82) is 0 Å². The van der Waals surface area contributed by atoms with E-state index in [1.165, 1.54) is 24.1 Å². The second-order valence-corrected chi connectivity index (χ2v) is 8.57. The molecule has 0 spiro atoms. The highest BCUT2D eigenvalue weighted by Gasteiger charge is 2.17. The van der Waals surface area contributed by atoms with Crippen LogP contribution in [0.4, 0.5) is 5.69 Å². The van der Waals surface area contributed by atoms with Gasteiger partial charge in [-0.3, -0.25) is 4.79 Å². The molecule has 3 rings (SSSR count). The Morgan fingerprint density at radius 2 is 1.93 bits per heavy atom. The van der Waals surface area contributed by atoms with Gasteiger partial charge < -0.3 is 15.0 Å². The molecule has 156 valence electrons. The lowest BCUT2D eigenvalue weighted by atomic mass is 9.99. The molecule has 0 saturated carbocycles. The van der Waals surface area contributed by atoms with Gasteiger partial charge in [-0.1, -0.05) is 25.1 Å². The molecule has 0 aliphatic carbocycles. The summed E-state index contributed by atoms with van der Waals surface area (Å²) in [7, 11) is 0. The van der Waals surface area contributed by atoms with Crippen molar-refractivity contribution < 1.29 is 9.53 Å². The zero-order chi connectivity index (χ0) is 21.0. The summed E-state index contributed by atoms with van der Waals surface area (Å²) in [6.45, 7) is 12.7. The van der Waals surface area contributed by atoms with E-state index < -0.39 is 0 Å². The van der Waals surface area contributed by atoms with E-state index in [-0.39, 0.29) is 18.6 Å². The highest BCUT2D eigenvalue weighted by Crippen LogP contribution is 2.25. The quantitative estimate of drug-likeness (QED) is 0.741. The molecule has 0 aromatic heterocycles. The second kappa shape index (κ2) is 9.34. The minimum absolute atomic E-state index is 0.0256. The molecule has 4 heteroatoms. The van der Waals surface area contributed by atoms with E-state index in [0.717, 1.165) is 41.4 Å². The summed E-state index contributed by atoms with van der Waals surface area (Å²) in [4.78, 5) is 14.8. The largest absolute Gasteiger partial charge is 0.483 e. The zero-order valence-corrected chi connectivity index (χ0v) is 18.4. The highest BCUT2D eigenvalue weighted by atomic mass is 16.5. The Balaban J connectivity index is 1.54. The first-order chi connectivity index (χ1) is 13.8. The lowest BCUT2D eigenvalue weighted by Gasteiger charge is -2.33. The van der Waals surface area contributed by atoms with Crippen molar-refractivity contribution in [1.82, 2.24) is 5.32 Å². The van der Waals surface area contributed by atoms with Crippen molar-refractivity contribution in [2.75, 3.05) is 24.6 Å². The van der Waals surface area contributed by atoms with Crippen LogP contribution in [-0.2, 0) is 4.79 Å². The number of nitrogens with zero attached hydrogens (tertiary/aromatic N) is 1. The first kappa shape index (κ1) is 21.2. The van der Waals surface area contributed by atoms with Gasteiger partial charge in [0.2, 0.25) is 0 Å². The van der Waals surface area contributed by atoms with Crippen LogP contribution in [0.5, 0.6) is 5.75 Å². The topological polar surface area (TPSA) is 41.6 Å². The summed E-state index contributed by atoms with van der Waals surface area (Å²) in [5.74, 6) is 1.43. The van der Waals surface area contributed by atoms with Gasteiger partial charge in [-0.2, -0.15) is 0 Å². The summed E-state index contributed by atoms with van der Waals surface area (Å²) >= 11 is 0.